The van der Waals surface area contributed by atoms with Crippen molar-refractivity contribution in [3.05, 3.63) is 11.9 Å². The topological polar surface area (TPSA) is 90.3 Å². The number of aliphatic hydroxyl groups is 2. The van der Waals surface area contributed by atoms with Crippen LogP contribution in [0.15, 0.2) is 6.33 Å². The number of rotatable bonds is 7. The van der Waals surface area contributed by atoms with E-state index < -0.39 is 6.04 Å². The lowest BCUT2D eigenvalue weighted by Crippen LogP contribution is -2.29. The van der Waals surface area contributed by atoms with Crippen LogP contribution in [0.2, 0.25) is 0 Å². The molecule has 6 nitrogen and oxygen atoms in total. The van der Waals surface area contributed by atoms with Crippen molar-refractivity contribution in [2.75, 3.05) is 30.9 Å². The molecular weight excluding hydrogens is 220 g/mol. The molecule has 0 unspecified atom stereocenters. The Bertz CT molecular complexity index is 342. The fourth-order valence-electron chi connectivity index (χ4n) is 1.58. The molecule has 1 aromatic rings. The minimum Gasteiger partial charge on any atom is -0.394 e. The van der Waals surface area contributed by atoms with Gasteiger partial charge in [-0.3, -0.25) is 0 Å². The monoisotopic (exact) mass is 240 g/mol. The lowest BCUT2D eigenvalue weighted by Gasteiger charge is -2.18. The van der Waals surface area contributed by atoms with Gasteiger partial charge in [0.2, 0.25) is 0 Å². The third-order valence-corrected chi connectivity index (χ3v) is 2.46. The molecule has 0 spiro atoms. The summed E-state index contributed by atoms with van der Waals surface area (Å²) in [6.07, 6.45) is 3.27. The van der Waals surface area contributed by atoms with E-state index in [1.54, 1.807) is 7.05 Å². The third-order valence-electron chi connectivity index (χ3n) is 2.46. The average molecular weight is 240 g/mol. The predicted molar refractivity (Wildman–Crippen MR) is 67.2 cm³/mol. The lowest BCUT2D eigenvalue weighted by molar-refractivity contribution is 0.203. The Morgan fingerprint density at radius 1 is 1.24 bits per heavy atom. The Labute approximate surface area is 101 Å². The highest BCUT2D eigenvalue weighted by atomic mass is 16.3. The summed E-state index contributed by atoms with van der Waals surface area (Å²) >= 11 is 0. The third kappa shape index (κ3) is 3.54. The van der Waals surface area contributed by atoms with Crippen molar-refractivity contribution in [3.8, 4) is 0 Å². The van der Waals surface area contributed by atoms with Crippen molar-refractivity contribution >= 4 is 11.6 Å². The van der Waals surface area contributed by atoms with Crippen LogP contribution in [-0.2, 0) is 6.42 Å². The van der Waals surface area contributed by atoms with Crippen molar-refractivity contribution in [2.24, 2.45) is 0 Å². The highest BCUT2D eigenvalue weighted by Gasteiger charge is 2.13. The fraction of sp³-hybridized carbons (Fsp3) is 0.636. The van der Waals surface area contributed by atoms with Crippen molar-refractivity contribution in [1.82, 2.24) is 9.97 Å². The van der Waals surface area contributed by atoms with Gasteiger partial charge in [-0.15, -0.1) is 0 Å². The quantitative estimate of drug-likeness (QED) is 0.546. The van der Waals surface area contributed by atoms with E-state index in [0.29, 0.717) is 5.82 Å². The van der Waals surface area contributed by atoms with Crippen molar-refractivity contribution < 1.29 is 10.2 Å². The Balaban J connectivity index is 2.96. The molecule has 4 N–H and O–H groups in total. The molecule has 0 radical (unpaired) electrons. The highest BCUT2D eigenvalue weighted by Crippen LogP contribution is 2.21. The molecule has 0 amide bonds. The first kappa shape index (κ1) is 13.7. The van der Waals surface area contributed by atoms with E-state index >= 15 is 0 Å². The molecular formula is C11H20N4O2. The van der Waals surface area contributed by atoms with E-state index in [-0.39, 0.29) is 13.2 Å². The van der Waals surface area contributed by atoms with Crippen LogP contribution in [0.4, 0.5) is 11.6 Å². The molecule has 1 aromatic heterocycles. The van der Waals surface area contributed by atoms with E-state index in [1.165, 1.54) is 6.33 Å². The van der Waals surface area contributed by atoms with Crippen LogP contribution in [0, 0.1) is 0 Å². The van der Waals surface area contributed by atoms with E-state index in [1.807, 2.05) is 0 Å². The number of anilines is 2. The van der Waals surface area contributed by atoms with Crippen molar-refractivity contribution in [2.45, 2.75) is 25.8 Å². The summed E-state index contributed by atoms with van der Waals surface area (Å²) in [6.45, 7) is 1.80. The van der Waals surface area contributed by atoms with Crippen LogP contribution in [0.25, 0.3) is 0 Å². The van der Waals surface area contributed by atoms with E-state index in [4.69, 9.17) is 10.2 Å². The minimum atomic E-state index is -0.398. The molecule has 0 aliphatic rings. The van der Waals surface area contributed by atoms with Gasteiger partial charge < -0.3 is 20.8 Å². The van der Waals surface area contributed by atoms with Crippen LogP contribution in [0.5, 0.6) is 0 Å². The van der Waals surface area contributed by atoms with Gasteiger partial charge in [-0.05, 0) is 6.42 Å². The summed E-state index contributed by atoms with van der Waals surface area (Å²) in [5, 5.41) is 24.1. The van der Waals surface area contributed by atoms with Gasteiger partial charge in [0.1, 0.15) is 18.0 Å². The van der Waals surface area contributed by atoms with Crippen LogP contribution < -0.4 is 10.6 Å². The molecule has 6 heteroatoms. The Kier molecular flexibility index (Phi) is 5.65. The number of aromatic nitrogens is 2. The molecule has 17 heavy (non-hydrogen) atoms. The summed E-state index contributed by atoms with van der Waals surface area (Å²) in [6, 6.07) is -0.398. The van der Waals surface area contributed by atoms with Gasteiger partial charge in [-0.1, -0.05) is 13.3 Å². The number of hydrogen-bond acceptors (Lipinski definition) is 6. The zero-order chi connectivity index (χ0) is 12.7. The van der Waals surface area contributed by atoms with Gasteiger partial charge in [-0.25, -0.2) is 9.97 Å². The number of nitrogens with one attached hydrogen (secondary N) is 2. The largest absolute Gasteiger partial charge is 0.394 e. The zero-order valence-corrected chi connectivity index (χ0v) is 10.3. The first-order valence-corrected chi connectivity index (χ1v) is 5.76. The summed E-state index contributed by atoms with van der Waals surface area (Å²) in [5.41, 5.74) is 0.976. The molecule has 0 aliphatic carbocycles. The van der Waals surface area contributed by atoms with E-state index in [9.17, 15) is 0 Å². The normalized spacial score (nSPS) is 10.6. The Morgan fingerprint density at radius 2 is 1.88 bits per heavy atom. The minimum absolute atomic E-state index is 0.138. The lowest BCUT2D eigenvalue weighted by atomic mass is 10.1. The molecule has 0 aliphatic heterocycles. The van der Waals surface area contributed by atoms with Gasteiger partial charge in [0.05, 0.1) is 19.3 Å². The molecule has 0 saturated heterocycles. The van der Waals surface area contributed by atoms with Crippen LogP contribution in [-0.4, -0.2) is 46.5 Å². The predicted octanol–water partition coefficient (Wildman–Crippen LogP) is 0.236. The first-order valence-electron chi connectivity index (χ1n) is 5.76. The van der Waals surface area contributed by atoms with Crippen LogP contribution in [0.1, 0.15) is 18.9 Å². The molecule has 0 bridgehead atoms. The van der Waals surface area contributed by atoms with Crippen LogP contribution >= 0.6 is 0 Å². The molecule has 1 rings (SSSR count). The molecule has 1 heterocycles. The second kappa shape index (κ2) is 7.03. The fourth-order valence-corrected chi connectivity index (χ4v) is 1.58. The van der Waals surface area contributed by atoms with Gasteiger partial charge in [0, 0.05) is 12.6 Å². The first-order chi connectivity index (χ1) is 8.26. The van der Waals surface area contributed by atoms with Crippen molar-refractivity contribution in [1.29, 1.82) is 0 Å². The van der Waals surface area contributed by atoms with Crippen molar-refractivity contribution in [3.63, 3.8) is 0 Å². The van der Waals surface area contributed by atoms with Gasteiger partial charge in [0.25, 0.3) is 0 Å². The summed E-state index contributed by atoms with van der Waals surface area (Å²) < 4.78 is 0. The molecule has 0 atom stereocenters. The standard InChI is InChI=1S/C11H20N4O2/c1-3-4-9-10(12-2)13-7-14-11(9)15-8(5-16)6-17/h7-8,16-17H,3-6H2,1-2H3,(H2,12,13,14,15). The van der Waals surface area contributed by atoms with Gasteiger partial charge in [0.15, 0.2) is 0 Å². The Hall–Kier alpha value is -1.40. The maximum Gasteiger partial charge on any atom is 0.135 e. The number of hydrogen-bond donors (Lipinski definition) is 4. The Morgan fingerprint density at radius 3 is 2.41 bits per heavy atom. The molecule has 0 aromatic carbocycles. The van der Waals surface area contributed by atoms with E-state index in [2.05, 4.69) is 27.5 Å². The molecule has 0 saturated carbocycles. The summed E-state index contributed by atoms with van der Waals surface area (Å²) in [7, 11) is 1.81. The smallest absolute Gasteiger partial charge is 0.135 e. The molecule has 96 valence electrons. The number of aliphatic hydroxyl groups excluding tert-OH is 2. The van der Waals surface area contributed by atoms with Gasteiger partial charge >= 0.3 is 0 Å². The summed E-state index contributed by atoms with van der Waals surface area (Å²) in [5.74, 6) is 1.44. The molecule has 0 fully saturated rings. The summed E-state index contributed by atoms with van der Waals surface area (Å²) in [4.78, 5) is 8.31. The zero-order valence-electron chi connectivity index (χ0n) is 10.3. The second-order valence-electron chi connectivity index (χ2n) is 3.76. The maximum atomic E-state index is 9.05. The van der Waals surface area contributed by atoms with E-state index in [0.717, 1.165) is 24.2 Å². The highest BCUT2D eigenvalue weighted by molar-refractivity contribution is 5.57. The maximum absolute atomic E-state index is 9.05. The average Bonchev–Trinajstić information content (AvgIpc) is 2.37. The second-order valence-corrected chi connectivity index (χ2v) is 3.76. The van der Waals surface area contributed by atoms with Crippen LogP contribution in [0.3, 0.4) is 0 Å². The number of nitrogens with zero attached hydrogens (tertiary/aromatic N) is 2. The van der Waals surface area contributed by atoms with Gasteiger partial charge in [-0.2, -0.15) is 0 Å². The SMILES string of the molecule is CCCc1c(NC)ncnc1NC(CO)CO.